The molecule has 0 unspecified atom stereocenters. The molecule has 0 aliphatic rings. The maximum absolute atomic E-state index is 12.4. The van der Waals surface area contributed by atoms with Gasteiger partial charge >= 0.3 is 28.2 Å². The van der Waals surface area contributed by atoms with Gasteiger partial charge in [0.25, 0.3) is 10.2 Å². The first-order chi connectivity index (χ1) is 15.5. The topological polar surface area (TPSA) is 196 Å². The zero-order valence-corrected chi connectivity index (χ0v) is 21.5. The maximum atomic E-state index is 12.4. The third kappa shape index (κ3) is 17.4. The van der Waals surface area contributed by atoms with E-state index in [0.29, 0.717) is 0 Å². The normalized spacial score (nSPS) is 12.3. The summed E-state index contributed by atoms with van der Waals surface area (Å²) in [7, 11) is -8.10. The highest BCUT2D eigenvalue weighted by Gasteiger charge is 2.25. The van der Waals surface area contributed by atoms with E-state index in [1.165, 1.54) is 0 Å². The number of hydrogen-bond donors (Lipinski definition) is 3. The molecule has 17 heteroatoms. The largest absolute Gasteiger partial charge is 0.464 e. The first kappa shape index (κ1) is 31.9. The molecule has 0 aromatic heterocycles. The highest BCUT2D eigenvalue weighted by atomic mass is 32.2. The molecule has 0 aromatic rings. The number of nitrogens with zero attached hydrogens (tertiary/aromatic N) is 1. The number of ether oxygens (including phenoxy) is 4. The summed E-state index contributed by atoms with van der Waals surface area (Å²) in [4.78, 5) is 33.6. The van der Waals surface area contributed by atoms with Crippen LogP contribution in [0.15, 0.2) is 0 Å². The van der Waals surface area contributed by atoms with Gasteiger partial charge in [-0.3, -0.25) is 9.59 Å². The Bertz CT molecular complexity index is 850. The molecule has 3 N–H and O–H groups in total. The van der Waals surface area contributed by atoms with E-state index in [-0.39, 0.29) is 52.7 Å². The second kappa shape index (κ2) is 15.0. The van der Waals surface area contributed by atoms with Crippen molar-refractivity contribution in [3.63, 3.8) is 0 Å². The lowest BCUT2D eigenvalue weighted by molar-refractivity contribution is -0.141. The zero-order valence-electron chi connectivity index (χ0n) is 19.9. The molecule has 0 bridgehead atoms. The maximum Gasteiger partial charge on any atom is 0.422 e. The van der Waals surface area contributed by atoms with Crippen LogP contribution >= 0.6 is 0 Å². The fraction of sp³-hybridized carbons (Fsp3) is 0.824. The molecule has 0 heterocycles. The highest BCUT2D eigenvalue weighted by Crippen LogP contribution is 2.01. The third-order valence-corrected chi connectivity index (χ3v) is 6.22. The Balaban J connectivity index is 4.42. The molecule has 0 saturated carbocycles. The van der Waals surface area contributed by atoms with Crippen LogP contribution in [-0.2, 0) is 49.0 Å². The molecule has 0 aliphatic carbocycles. The number of esters is 2. The van der Waals surface area contributed by atoms with Gasteiger partial charge < -0.3 is 18.9 Å². The van der Waals surface area contributed by atoms with Gasteiger partial charge in [-0.15, -0.1) is 0 Å². The van der Waals surface area contributed by atoms with E-state index in [0.717, 1.165) is 18.2 Å². The van der Waals surface area contributed by atoms with Crippen LogP contribution < -0.4 is 14.2 Å². The minimum absolute atomic E-state index is 0.0194. The molecule has 0 radical (unpaired) electrons. The first-order valence-electron chi connectivity index (χ1n) is 10.1. The standard InChI is InChI=1S/C17H34N4O11S2/c1-14(22)30-10-7-21(8-11-31-15(2)23)34(27,28)19-16(24)32-13-12-29-9-6-18-33(25,26)20-17(3,4)5/h18,20H,6-13H2,1-5H3,(H,19,24). The van der Waals surface area contributed by atoms with E-state index in [4.69, 9.17) is 18.9 Å². The Morgan fingerprint density at radius 2 is 1.32 bits per heavy atom. The van der Waals surface area contributed by atoms with E-state index in [1.807, 2.05) is 0 Å². The Morgan fingerprint density at radius 3 is 1.79 bits per heavy atom. The number of hydrogen-bond acceptors (Lipinski definition) is 11. The van der Waals surface area contributed by atoms with Crippen LogP contribution in [-0.4, -0.2) is 97.4 Å². The van der Waals surface area contributed by atoms with Crippen LogP contribution in [0.5, 0.6) is 0 Å². The van der Waals surface area contributed by atoms with Crippen LogP contribution in [0.25, 0.3) is 0 Å². The zero-order chi connectivity index (χ0) is 26.4. The summed E-state index contributed by atoms with van der Waals surface area (Å²) in [6, 6.07) is 0. The molecule has 0 aromatic carbocycles. The van der Waals surface area contributed by atoms with Crippen molar-refractivity contribution in [1.29, 1.82) is 0 Å². The Hall–Kier alpha value is -2.05. The van der Waals surface area contributed by atoms with Crippen LogP contribution in [0.2, 0.25) is 0 Å². The SMILES string of the molecule is CC(=O)OCCN(CCOC(C)=O)S(=O)(=O)NC(=O)OCCOCCNS(=O)(=O)NC(C)(C)C. The van der Waals surface area contributed by atoms with Gasteiger partial charge in [0.1, 0.15) is 19.8 Å². The number of amides is 1. The lowest BCUT2D eigenvalue weighted by atomic mass is 10.1. The average Bonchev–Trinajstić information content (AvgIpc) is 2.63. The summed E-state index contributed by atoms with van der Waals surface area (Å²) in [6.45, 7) is 5.70. The summed E-state index contributed by atoms with van der Waals surface area (Å²) >= 11 is 0. The van der Waals surface area contributed by atoms with Crippen molar-refractivity contribution in [2.45, 2.75) is 40.2 Å². The van der Waals surface area contributed by atoms with Crippen molar-refractivity contribution in [3.8, 4) is 0 Å². The van der Waals surface area contributed by atoms with Gasteiger partial charge in [0.2, 0.25) is 0 Å². The molecular formula is C17H34N4O11S2. The molecule has 0 spiro atoms. The highest BCUT2D eigenvalue weighted by molar-refractivity contribution is 7.87. The van der Waals surface area contributed by atoms with Gasteiger partial charge in [0, 0.05) is 39.0 Å². The minimum Gasteiger partial charge on any atom is -0.464 e. The van der Waals surface area contributed by atoms with Gasteiger partial charge in [0.05, 0.1) is 13.2 Å². The van der Waals surface area contributed by atoms with E-state index in [2.05, 4.69) is 9.44 Å². The van der Waals surface area contributed by atoms with E-state index in [1.54, 1.807) is 25.5 Å². The molecular weight excluding hydrogens is 500 g/mol. The Morgan fingerprint density at radius 1 is 0.794 bits per heavy atom. The van der Waals surface area contributed by atoms with Crippen molar-refractivity contribution >= 4 is 38.5 Å². The van der Waals surface area contributed by atoms with Gasteiger partial charge in [-0.1, -0.05) is 0 Å². The van der Waals surface area contributed by atoms with Crippen molar-refractivity contribution in [3.05, 3.63) is 0 Å². The van der Waals surface area contributed by atoms with E-state index >= 15 is 0 Å². The van der Waals surface area contributed by atoms with Crippen molar-refractivity contribution in [2.24, 2.45) is 0 Å². The number of carbonyl (C=O) groups excluding carboxylic acids is 3. The van der Waals surface area contributed by atoms with Crippen molar-refractivity contribution in [2.75, 3.05) is 52.7 Å². The predicted octanol–water partition coefficient (Wildman–Crippen LogP) is -1.38. The fourth-order valence-corrected chi connectivity index (χ4v) is 4.38. The first-order valence-corrected chi connectivity index (χ1v) is 13.0. The molecule has 0 fully saturated rings. The summed E-state index contributed by atoms with van der Waals surface area (Å²) < 4.78 is 74.6. The van der Waals surface area contributed by atoms with Crippen molar-refractivity contribution < 1.29 is 50.2 Å². The molecule has 1 amide bonds. The molecule has 0 aliphatic heterocycles. The number of rotatable bonds is 16. The van der Waals surface area contributed by atoms with Crippen LogP contribution in [0.3, 0.4) is 0 Å². The predicted molar refractivity (Wildman–Crippen MR) is 119 cm³/mol. The lowest BCUT2D eigenvalue weighted by Gasteiger charge is -2.21. The second-order valence-electron chi connectivity index (χ2n) is 7.68. The van der Waals surface area contributed by atoms with Gasteiger partial charge in [0.15, 0.2) is 0 Å². The quantitative estimate of drug-likeness (QED) is 0.120. The van der Waals surface area contributed by atoms with Crippen LogP contribution in [0.4, 0.5) is 4.79 Å². The fourth-order valence-electron chi connectivity index (χ4n) is 2.12. The monoisotopic (exact) mass is 534 g/mol. The molecule has 0 atom stereocenters. The van der Waals surface area contributed by atoms with Crippen molar-refractivity contribution in [1.82, 2.24) is 18.5 Å². The minimum atomic E-state index is -4.40. The molecule has 15 nitrogen and oxygen atoms in total. The summed E-state index contributed by atoms with van der Waals surface area (Å²) in [5.74, 6) is -1.24. The summed E-state index contributed by atoms with van der Waals surface area (Å²) in [5, 5.41) is 0. The van der Waals surface area contributed by atoms with E-state index in [9.17, 15) is 31.2 Å². The molecule has 0 saturated heterocycles. The lowest BCUT2D eigenvalue weighted by Crippen LogP contribution is -2.47. The average molecular weight is 535 g/mol. The van der Waals surface area contributed by atoms with Gasteiger partial charge in [-0.05, 0) is 20.8 Å². The Labute approximate surface area is 200 Å². The third-order valence-electron chi connectivity index (χ3n) is 3.28. The van der Waals surface area contributed by atoms with Gasteiger partial charge in [-0.2, -0.15) is 30.6 Å². The summed E-state index contributed by atoms with van der Waals surface area (Å²) in [6.07, 6.45) is -1.29. The van der Waals surface area contributed by atoms with Gasteiger partial charge in [-0.25, -0.2) is 9.52 Å². The number of nitrogens with one attached hydrogen (secondary N) is 3. The smallest absolute Gasteiger partial charge is 0.422 e. The molecule has 0 rings (SSSR count). The summed E-state index contributed by atoms with van der Waals surface area (Å²) in [5.41, 5.74) is -0.648. The van der Waals surface area contributed by atoms with Crippen LogP contribution in [0, 0.1) is 0 Å². The molecule has 34 heavy (non-hydrogen) atoms. The second-order valence-corrected chi connectivity index (χ2v) is 10.9. The van der Waals surface area contributed by atoms with Crippen LogP contribution in [0.1, 0.15) is 34.6 Å². The molecule has 200 valence electrons. The number of carbonyl (C=O) groups is 3. The van der Waals surface area contributed by atoms with E-state index < -0.39 is 44.0 Å². The Kier molecular flexibility index (Phi) is 14.1.